The summed E-state index contributed by atoms with van der Waals surface area (Å²) < 4.78 is 26.7. The lowest BCUT2D eigenvalue weighted by Gasteiger charge is -2.50. The zero-order valence-electron chi connectivity index (χ0n) is 9.06. The standard InChI is InChI=1S/C9H16O5S/c1-9(2)6(5-8(10)11)4-7(9)14-15(3,12)13/h6-7H,4-5H2,1-3H3,(H,10,11). The van der Waals surface area contributed by atoms with E-state index in [0.717, 1.165) is 6.26 Å². The van der Waals surface area contributed by atoms with Crippen molar-refractivity contribution in [3.63, 3.8) is 0 Å². The van der Waals surface area contributed by atoms with Crippen molar-refractivity contribution in [1.29, 1.82) is 0 Å². The molecule has 5 nitrogen and oxygen atoms in total. The van der Waals surface area contributed by atoms with Crippen LogP contribution in [0.5, 0.6) is 0 Å². The average Bonchev–Trinajstić information content (AvgIpc) is 1.99. The summed E-state index contributed by atoms with van der Waals surface area (Å²) in [5.41, 5.74) is -0.387. The van der Waals surface area contributed by atoms with Gasteiger partial charge < -0.3 is 5.11 Å². The molecule has 6 heteroatoms. The molecule has 0 aromatic carbocycles. The Kier molecular flexibility index (Phi) is 3.11. The fourth-order valence-corrected chi connectivity index (χ4v) is 2.65. The van der Waals surface area contributed by atoms with Gasteiger partial charge >= 0.3 is 5.97 Å². The molecule has 0 bridgehead atoms. The van der Waals surface area contributed by atoms with Gasteiger partial charge in [-0.15, -0.1) is 0 Å². The van der Waals surface area contributed by atoms with E-state index in [9.17, 15) is 13.2 Å². The molecule has 0 heterocycles. The number of rotatable bonds is 4. The minimum absolute atomic E-state index is 0.0123. The molecule has 0 aromatic rings. The molecule has 1 N–H and O–H groups in total. The number of hydrogen-bond acceptors (Lipinski definition) is 4. The highest BCUT2D eigenvalue weighted by atomic mass is 32.2. The first kappa shape index (κ1) is 12.4. The van der Waals surface area contributed by atoms with E-state index in [1.807, 2.05) is 13.8 Å². The molecule has 2 unspecified atom stereocenters. The zero-order valence-corrected chi connectivity index (χ0v) is 9.87. The quantitative estimate of drug-likeness (QED) is 0.732. The highest BCUT2D eigenvalue weighted by molar-refractivity contribution is 7.86. The fraction of sp³-hybridized carbons (Fsp3) is 0.889. The Morgan fingerprint density at radius 3 is 2.40 bits per heavy atom. The molecule has 1 fully saturated rings. The lowest BCUT2D eigenvalue weighted by molar-refractivity contribution is -0.146. The van der Waals surface area contributed by atoms with E-state index in [4.69, 9.17) is 9.29 Å². The highest BCUT2D eigenvalue weighted by Crippen LogP contribution is 2.50. The Balaban J connectivity index is 2.59. The Labute approximate surface area is 89.6 Å². The lowest BCUT2D eigenvalue weighted by atomic mass is 9.59. The summed E-state index contributed by atoms with van der Waals surface area (Å²) in [6.45, 7) is 3.67. The van der Waals surface area contributed by atoms with Crippen LogP contribution in [-0.2, 0) is 19.1 Å². The van der Waals surface area contributed by atoms with Crippen LogP contribution < -0.4 is 0 Å². The molecule has 2 atom stereocenters. The first-order valence-electron chi connectivity index (χ1n) is 4.73. The third kappa shape index (κ3) is 2.92. The van der Waals surface area contributed by atoms with Gasteiger partial charge in [0.05, 0.1) is 12.4 Å². The second-order valence-corrected chi connectivity index (χ2v) is 6.24. The summed E-state index contributed by atoms with van der Waals surface area (Å²) in [4.78, 5) is 10.5. The van der Waals surface area contributed by atoms with Gasteiger partial charge in [-0.2, -0.15) is 8.42 Å². The van der Waals surface area contributed by atoms with Crippen LogP contribution >= 0.6 is 0 Å². The molecular weight excluding hydrogens is 220 g/mol. The van der Waals surface area contributed by atoms with Gasteiger partial charge in [-0.1, -0.05) is 13.8 Å². The maximum Gasteiger partial charge on any atom is 0.303 e. The molecular formula is C9H16O5S. The van der Waals surface area contributed by atoms with E-state index in [2.05, 4.69) is 0 Å². The summed E-state index contributed by atoms with van der Waals surface area (Å²) in [6, 6.07) is 0. The third-order valence-electron chi connectivity index (χ3n) is 3.09. The largest absolute Gasteiger partial charge is 0.481 e. The molecule has 1 saturated carbocycles. The van der Waals surface area contributed by atoms with Crippen LogP contribution in [0.25, 0.3) is 0 Å². The molecule has 0 amide bonds. The average molecular weight is 236 g/mol. The first-order valence-corrected chi connectivity index (χ1v) is 6.54. The maximum atomic E-state index is 10.9. The molecule has 0 spiro atoms. The van der Waals surface area contributed by atoms with Crippen molar-refractivity contribution in [2.24, 2.45) is 11.3 Å². The number of hydrogen-bond donors (Lipinski definition) is 1. The van der Waals surface area contributed by atoms with Crippen LogP contribution in [0.3, 0.4) is 0 Å². The molecule has 1 aliphatic rings. The van der Waals surface area contributed by atoms with E-state index in [1.165, 1.54) is 0 Å². The van der Waals surface area contributed by atoms with Gasteiger partial charge in [0.1, 0.15) is 0 Å². The first-order chi connectivity index (χ1) is 6.63. The Bertz CT molecular complexity index is 357. The predicted molar refractivity (Wildman–Crippen MR) is 53.9 cm³/mol. The second-order valence-electron chi connectivity index (χ2n) is 4.64. The molecule has 1 aliphatic carbocycles. The van der Waals surface area contributed by atoms with Gasteiger partial charge in [0.2, 0.25) is 0 Å². The lowest BCUT2D eigenvalue weighted by Crippen LogP contribution is -2.51. The number of carbonyl (C=O) groups is 1. The second kappa shape index (κ2) is 3.75. The zero-order chi connectivity index (χ0) is 11.9. The van der Waals surface area contributed by atoms with Gasteiger partial charge in [-0.3, -0.25) is 8.98 Å². The predicted octanol–water partition coefficient (Wildman–Crippen LogP) is 0.852. The molecule has 88 valence electrons. The van der Waals surface area contributed by atoms with Crippen LogP contribution in [0.4, 0.5) is 0 Å². The third-order valence-corrected chi connectivity index (χ3v) is 3.67. The van der Waals surface area contributed by atoms with Crippen LogP contribution in [0, 0.1) is 11.3 Å². The minimum atomic E-state index is -3.45. The normalized spacial score (nSPS) is 29.5. The van der Waals surface area contributed by atoms with Crippen molar-refractivity contribution in [2.45, 2.75) is 32.8 Å². The summed E-state index contributed by atoms with van der Waals surface area (Å²) in [7, 11) is -3.45. The summed E-state index contributed by atoms with van der Waals surface area (Å²) in [5.74, 6) is -0.868. The molecule has 15 heavy (non-hydrogen) atoms. The van der Waals surface area contributed by atoms with Crippen LogP contribution in [0.15, 0.2) is 0 Å². The van der Waals surface area contributed by atoms with Gasteiger partial charge in [-0.25, -0.2) is 0 Å². The van der Waals surface area contributed by atoms with Gasteiger partial charge in [0.15, 0.2) is 0 Å². The SMILES string of the molecule is CC1(C)C(CC(=O)O)CC1OS(C)(=O)=O. The number of carboxylic acid groups (broad SMARTS) is 1. The Hall–Kier alpha value is -0.620. The number of aliphatic carboxylic acids is 1. The van der Waals surface area contributed by atoms with E-state index >= 15 is 0 Å². The Morgan fingerprint density at radius 2 is 2.07 bits per heavy atom. The van der Waals surface area contributed by atoms with Crippen LogP contribution in [0.1, 0.15) is 26.7 Å². The van der Waals surface area contributed by atoms with Gasteiger partial charge in [0, 0.05) is 6.42 Å². The van der Waals surface area contributed by atoms with Crippen molar-refractivity contribution >= 4 is 16.1 Å². The molecule has 0 aliphatic heterocycles. The number of carboxylic acids is 1. The smallest absolute Gasteiger partial charge is 0.303 e. The molecule has 0 radical (unpaired) electrons. The van der Waals surface area contributed by atoms with E-state index in [0.29, 0.717) is 6.42 Å². The molecule has 1 rings (SSSR count). The van der Waals surface area contributed by atoms with Crippen molar-refractivity contribution < 1.29 is 22.5 Å². The summed E-state index contributed by atoms with van der Waals surface area (Å²) in [6.07, 6.45) is 1.17. The van der Waals surface area contributed by atoms with Crippen LogP contribution in [-0.4, -0.2) is 31.9 Å². The highest BCUT2D eigenvalue weighted by Gasteiger charge is 2.50. The van der Waals surface area contributed by atoms with Crippen molar-refractivity contribution in [1.82, 2.24) is 0 Å². The summed E-state index contributed by atoms with van der Waals surface area (Å²) >= 11 is 0. The Morgan fingerprint density at radius 1 is 1.53 bits per heavy atom. The molecule has 0 saturated heterocycles. The van der Waals surface area contributed by atoms with Crippen molar-refractivity contribution in [3.8, 4) is 0 Å². The monoisotopic (exact) mass is 236 g/mol. The van der Waals surface area contributed by atoms with Crippen LogP contribution in [0.2, 0.25) is 0 Å². The van der Waals surface area contributed by atoms with Gasteiger partial charge in [0.25, 0.3) is 10.1 Å². The van der Waals surface area contributed by atoms with E-state index in [1.54, 1.807) is 0 Å². The van der Waals surface area contributed by atoms with E-state index < -0.39 is 22.2 Å². The minimum Gasteiger partial charge on any atom is -0.481 e. The topological polar surface area (TPSA) is 80.7 Å². The summed E-state index contributed by atoms with van der Waals surface area (Å²) in [5, 5.41) is 8.64. The fourth-order valence-electron chi connectivity index (χ4n) is 1.90. The maximum absolute atomic E-state index is 10.9. The van der Waals surface area contributed by atoms with Crippen molar-refractivity contribution in [3.05, 3.63) is 0 Å². The molecule has 0 aromatic heterocycles. The van der Waals surface area contributed by atoms with E-state index in [-0.39, 0.29) is 17.8 Å². The van der Waals surface area contributed by atoms with Crippen molar-refractivity contribution in [2.75, 3.05) is 6.26 Å². The van der Waals surface area contributed by atoms with Gasteiger partial charge in [-0.05, 0) is 17.8 Å².